The van der Waals surface area contributed by atoms with Crippen LogP contribution in [0.5, 0.6) is 0 Å². The molecule has 0 radical (unpaired) electrons. The number of aliphatic carboxylic acids is 1. The van der Waals surface area contributed by atoms with Crippen LogP contribution in [0.25, 0.3) is 6.08 Å². The number of carboxylic acid groups (broad SMARTS) is 1. The van der Waals surface area contributed by atoms with Crippen LogP contribution in [-0.4, -0.2) is 11.1 Å². The maximum absolute atomic E-state index is 10.5. The van der Waals surface area contributed by atoms with Gasteiger partial charge in [-0.1, -0.05) is 23.2 Å². The molecule has 0 aliphatic carbocycles. The number of halogens is 2. The van der Waals surface area contributed by atoms with Crippen LogP contribution >= 0.6 is 23.2 Å². The first kappa shape index (κ1) is 11.1. The molecule has 1 aromatic rings. The highest BCUT2D eigenvalue weighted by Crippen LogP contribution is 2.20. The highest BCUT2D eigenvalue weighted by molar-refractivity contribution is 6.34. The minimum atomic E-state index is -0.957. The van der Waals surface area contributed by atoms with E-state index in [0.29, 0.717) is 15.6 Å². The van der Waals surface area contributed by atoms with Gasteiger partial charge in [0, 0.05) is 15.6 Å². The van der Waals surface area contributed by atoms with Crippen LogP contribution in [0, 0.1) is 0 Å². The van der Waals surface area contributed by atoms with E-state index in [1.807, 2.05) is 0 Å². The molecule has 0 fully saturated rings. The first-order valence-corrected chi connectivity index (χ1v) is 4.62. The number of hydrogen-bond donors (Lipinski definition) is 1. The van der Waals surface area contributed by atoms with Gasteiger partial charge in [0.1, 0.15) is 0 Å². The van der Waals surface area contributed by atoms with Crippen LogP contribution in [0.1, 0.15) is 12.5 Å². The quantitative estimate of drug-likeness (QED) is 0.791. The Morgan fingerprint density at radius 2 is 1.79 bits per heavy atom. The van der Waals surface area contributed by atoms with Gasteiger partial charge < -0.3 is 5.11 Å². The lowest BCUT2D eigenvalue weighted by atomic mass is 10.1. The molecule has 4 heteroatoms. The SMILES string of the molecule is C/C(=C\c1cc(Cl)cc(Cl)c1)C(=O)O. The Balaban J connectivity index is 3.08. The van der Waals surface area contributed by atoms with Crippen molar-refractivity contribution in [2.75, 3.05) is 0 Å². The van der Waals surface area contributed by atoms with Crippen molar-refractivity contribution < 1.29 is 9.90 Å². The summed E-state index contributed by atoms with van der Waals surface area (Å²) in [4.78, 5) is 10.5. The second-order valence-corrected chi connectivity index (χ2v) is 3.71. The predicted octanol–water partition coefficient (Wildman–Crippen LogP) is 3.48. The molecule has 1 aromatic carbocycles. The molecule has 1 rings (SSSR count). The van der Waals surface area contributed by atoms with Gasteiger partial charge in [0.15, 0.2) is 0 Å². The summed E-state index contributed by atoms with van der Waals surface area (Å²) >= 11 is 11.5. The zero-order chi connectivity index (χ0) is 10.7. The van der Waals surface area contributed by atoms with Gasteiger partial charge >= 0.3 is 5.97 Å². The molecule has 0 atom stereocenters. The number of carboxylic acids is 1. The largest absolute Gasteiger partial charge is 0.478 e. The zero-order valence-corrected chi connectivity index (χ0v) is 8.93. The third kappa shape index (κ3) is 3.05. The van der Waals surface area contributed by atoms with Gasteiger partial charge in [-0.15, -0.1) is 0 Å². The highest BCUT2D eigenvalue weighted by atomic mass is 35.5. The molecule has 14 heavy (non-hydrogen) atoms. The molecule has 1 N–H and O–H groups in total. The van der Waals surface area contributed by atoms with Crippen LogP contribution in [-0.2, 0) is 4.79 Å². The van der Waals surface area contributed by atoms with Crippen LogP contribution in [0.15, 0.2) is 23.8 Å². The number of benzene rings is 1. The minimum Gasteiger partial charge on any atom is -0.478 e. The summed E-state index contributed by atoms with van der Waals surface area (Å²) in [7, 11) is 0. The molecule has 0 aliphatic rings. The average molecular weight is 231 g/mol. The lowest BCUT2D eigenvalue weighted by molar-refractivity contribution is -0.132. The van der Waals surface area contributed by atoms with E-state index in [0.717, 1.165) is 0 Å². The van der Waals surface area contributed by atoms with Crippen LogP contribution in [0.4, 0.5) is 0 Å². The molecule has 0 spiro atoms. The van der Waals surface area contributed by atoms with E-state index in [1.54, 1.807) is 18.2 Å². The summed E-state index contributed by atoms with van der Waals surface area (Å²) in [6.45, 7) is 1.51. The van der Waals surface area contributed by atoms with Crippen molar-refractivity contribution >= 4 is 35.2 Å². The molecule has 0 aliphatic heterocycles. The Morgan fingerprint density at radius 3 is 2.21 bits per heavy atom. The summed E-state index contributed by atoms with van der Waals surface area (Å²) in [5.41, 5.74) is 0.922. The Labute approximate surface area is 91.8 Å². The molecule has 0 unspecified atom stereocenters. The molecule has 0 saturated carbocycles. The second kappa shape index (κ2) is 4.49. The topological polar surface area (TPSA) is 37.3 Å². The Kier molecular flexibility index (Phi) is 3.55. The van der Waals surface area contributed by atoms with Crippen molar-refractivity contribution in [3.8, 4) is 0 Å². The van der Waals surface area contributed by atoms with Crippen molar-refractivity contribution in [1.82, 2.24) is 0 Å². The molecule has 0 amide bonds. The second-order valence-electron chi connectivity index (χ2n) is 2.84. The van der Waals surface area contributed by atoms with Gasteiger partial charge in [-0.05, 0) is 36.8 Å². The van der Waals surface area contributed by atoms with Crippen molar-refractivity contribution in [2.24, 2.45) is 0 Å². The highest BCUT2D eigenvalue weighted by Gasteiger charge is 2.01. The van der Waals surface area contributed by atoms with Gasteiger partial charge in [-0.3, -0.25) is 0 Å². The third-order valence-electron chi connectivity index (χ3n) is 1.61. The lowest BCUT2D eigenvalue weighted by Gasteiger charge is -1.98. The number of rotatable bonds is 2. The van der Waals surface area contributed by atoms with Crippen LogP contribution in [0.2, 0.25) is 10.0 Å². The molecule has 0 bridgehead atoms. The summed E-state index contributed by atoms with van der Waals surface area (Å²) in [6, 6.07) is 4.90. The molecule has 0 saturated heterocycles. The van der Waals surface area contributed by atoms with Gasteiger partial charge in [0.2, 0.25) is 0 Å². The lowest BCUT2D eigenvalue weighted by Crippen LogP contribution is -1.95. The number of carbonyl (C=O) groups is 1. The Hall–Kier alpha value is -0.990. The van der Waals surface area contributed by atoms with E-state index in [2.05, 4.69) is 0 Å². The molecule has 0 aromatic heterocycles. The van der Waals surface area contributed by atoms with E-state index in [9.17, 15) is 4.79 Å². The van der Waals surface area contributed by atoms with Crippen molar-refractivity contribution in [3.63, 3.8) is 0 Å². The molecule has 74 valence electrons. The summed E-state index contributed by atoms with van der Waals surface area (Å²) in [5.74, 6) is -0.957. The van der Waals surface area contributed by atoms with Gasteiger partial charge in [0.25, 0.3) is 0 Å². The normalized spacial score (nSPS) is 11.5. The van der Waals surface area contributed by atoms with Crippen LogP contribution < -0.4 is 0 Å². The minimum absolute atomic E-state index is 0.239. The molecule has 2 nitrogen and oxygen atoms in total. The zero-order valence-electron chi connectivity index (χ0n) is 7.42. The van der Waals surface area contributed by atoms with Gasteiger partial charge in [-0.2, -0.15) is 0 Å². The predicted molar refractivity (Wildman–Crippen MR) is 57.7 cm³/mol. The molecule has 0 heterocycles. The van der Waals surface area contributed by atoms with Crippen molar-refractivity contribution in [3.05, 3.63) is 39.4 Å². The van der Waals surface area contributed by atoms with Crippen LogP contribution in [0.3, 0.4) is 0 Å². The fraction of sp³-hybridized carbons (Fsp3) is 0.100. The van der Waals surface area contributed by atoms with Crippen molar-refractivity contribution in [1.29, 1.82) is 0 Å². The maximum atomic E-state index is 10.5. The monoisotopic (exact) mass is 230 g/mol. The van der Waals surface area contributed by atoms with E-state index in [4.69, 9.17) is 28.3 Å². The van der Waals surface area contributed by atoms with Crippen molar-refractivity contribution in [2.45, 2.75) is 6.92 Å². The summed E-state index contributed by atoms with van der Waals surface area (Å²) in [5, 5.41) is 9.62. The fourth-order valence-corrected chi connectivity index (χ4v) is 1.51. The molecular weight excluding hydrogens is 223 g/mol. The summed E-state index contributed by atoms with van der Waals surface area (Å²) in [6.07, 6.45) is 1.51. The van der Waals surface area contributed by atoms with E-state index in [1.165, 1.54) is 13.0 Å². The smallest absolute Gasteiger partial charge is 0.331 e. The Morgan fingerprint density at radius 1 is 1.29 bits per heavy atom. The maximum Gasteiger partial charge on any atom is 0.331 e. The first-order valence-electron chi connectivity index (χ1n) is 3.87. The Bertz CT molecular complexity index is 377. The molecular formula is C10H8Cl2O2. The van der Waals surface area contributed by atoms with Gasteiger partial charge in [-0.25, -0.2) is 4.79 Å². The van der Waals surface area contributed by atoms with E-state index >= 15 is 0 Å². The average Bonchev–Trinajstić information content (AvgIpc) is 2.01. The third-order valence-corrected chi connectivity index (χ3v) is 2.04. The summed E-state index contributed by atoms with van der Waals surface area (Å²) < 4.78 is 0. The van der Waals surface area contributed by atoms with Gasteiger partial charge in [0.05, 0.1) is 0 Å². The first-order chi connectivity index (χ1) is 6.49. The van der Waals surface area contributed by atoms with E-state index < -0.39 is 5.97 Å². The standard InChI is InChI=1S/C10H8Cl2O2/c1-6(10(13)14)2-7-3-8(11)5-9(12)4-7/h2-5H,1H3,(H,13,14)/b6-2+. The fourth-order valence-electron chi connectivity index (χ4n) is 0.970. The van der Waals surface area contributed by atoms with E-state index in [-0.39, 0.29) is 5.57 Å². The number of hydrogen-bond acceptors (Lipinski definition) is 1.